The number of unbranched alkanes of at least 4 members (excludes halogenated alkanes) is 7. The lowest BCUT2D eigenvalue weighted by Crippen LogP contribution is -1.93. The van der Waals surface area contributed by atoms with Gasteiger partial charge in [-0.3, -0.25) is 0 Å². The van der Waals surface area contributed by atoms with Gasteiger partial charge in [-0.25, -0.2) is 0 Å². The Bertz CT molecular complexity index is 169. The van der Waals surface area contributed by atoms with Crippen LogP contribution in [0.15, 0.2) is 12.2 Å². The molecule has 108 valence electrons. The highest BCUT2D eigenvalue weighted by molar-refractivity contribution is 4.81. The Morgan fingerprint density at radius 1 is 0.667 bits per heavy atom. The molecule has 0 bridgehead atoms. The van der Waals surface area contributed by atoms with Crippen LogP contribution < -0.4 is 0 Å². The highest BCUT2D eigenvalue weighted by Gasteiger charge is 1.98. The van der Waals surface area contributed by atoms with Gasteiger partial charge in [0.25, 0.3) is 0 Å². The topological polar surface area (TPSA) is 0 Å². The van der Waals surface area contributed by atoms with Crippen LogP contribution in [0.1, 0.15) is 97.8 Å². The molecule has 0 aliphatic carbocycles. The molecule has 0 saturated heterocycles. The lowest BCUT2D eigenvalue weighted by molar-refractivity contribution is 0.475. The van der Waals surface area contributed by atoms with Gasteiger partial charge in [0.15, 0.2) is 0 Å². The smallest absolute Gasteiger partial charge is 0.0348 e. The van der Waals surface area contributed by atoms with Gasteiger partial charge in [0.05, 0.1) is 0 Å². The molecule has 0 aromatic heterocycles. The average molecular weight is 252 g/mol. The van der Waals surface area contributed by atoms with Crippen LogP contribution in [0.4, 0.5) is 0 Å². The molecule has 0 heterocycles. The van der Waals surface area contributed by atoms with Crippen molar-refractivity contribution in [1.82, 2.24) is 0 Å². The first-order chi connectivity index (χ1) is 8.81. The van der Waals surface area contributed by atoms with Crippen molar-refractivity contribution in [3.05, 3.63) is 12.2 Å². The minimum Gasteiger partial charge on any atom is -0.0885 e. The molecule has 0 aliphatic heterocycles. The maximum atomic E-state index is 2.41. The Hall–Kier alpha value is -0.260. The van der Waals surface area contributed by atoms with Crippen molar-refractivity contribution >= 4 is 0 Å². The predicted octanol–water partition coefficient (Wildman–Crippen LogP) is 6.90. The molecule has 0 amide bonds. The van der Waals surface area contributed by atoms with Gasteiger partial charge in [-0.2, -0.15) is 0 Å². The normalized spacial score (nSPS) is 13.3. The highest BCUT2D eigenvalue weighted by Crippen LogP contribution is 2.14. The zero-order chi connectivity index (χ0) is 13.5. The van der Waals surface area contributed by atoms with Gasteiger partial charge in [0.1, 0.15) is 0 Å². The van der Waals surface area contributed by atoms with E-state index in [-0.39, 0.29) is 0 Å². The van der Waals surface area contributed by atoms with Gasteiger partial charge in [0, 0.05) is 0 Å². The fraction of sp³-hybridized carbons (Fsp3) is 0.889. The maximum Gasteiger partial charge on any atom is -0.0348 e. The van der Waals surface area contributed by atoms with Gasteiger partial charge in [-0.15, -0.1) is 0 Å². The second kappa shape index (κ2) is 14.8. The molecule has 18 heavy (non-hydrogen) atoms. The molecule has 0 spiro atoms. The van der Waals surface area contributed by atoms with E-state index in [2.05, 4.69) is 32.9 Å². The van der Waals surface area contributed by atoms with Crippen molar-refractivity contribution in [3.8, 4) is 0 Å². The van der Waals surface area contributed by atoms with Crippen molar-refractivity contribution in [2.75, 3.05) is 0 Å². The van der Waals surface area contributed by atoms with Crippen molar-refractivity contribution in [3.63, 3.8) is 0 Å². The third-order valence-electron chi connectivity index (χ3n) is 3.77. The monoisotopic (exact) mass is 252 g/mol. The van der Waals surface area contributed by atoms with Crippen LogP contribution in [-0.4, -0.2) is 0 Å². The van der Waals surface area contributed by atoms with Crippen LogP contribution in [0.3, 0.4) is 0 Å². The number of hydrogen-bond acceptors (Lipinski definition) is 0. The van der Waals surface area contributed by atoms with E-state index in [1.807, 2.05) is 0 Å². The van der Waals surface area contributed by atoms with Crippen LogP contribution in [0, 0.1) is 5.92 Å². The van der Waals surface area contributed by atoms with Crippen LogP contribution in [0.5, 0.6) is 0 Å². The van der Waals surface area contributed by atoms with E-state index in [0.29, 0.717) is 0 Å². The number of hydrogen-bond donors (Lipinski definition) is 0. The van der Waals surface area contributed by atoms with Crippen LogP contribution in [0.2, 0.25) is 0 Å². The lowest BCUT2D eigenvalue weighted by atomic mass is 9.99. The molecule has 0 nitrogen and oxygen atoms in total. The molecule has 0 aromatic carbocycles. The molecule has 0 radical (unpaired) electrons. The largest absolute Gasteiger partial charge is 0.0885 e. The summed E-state index contributed by atoms with van der Waals surface area (Å²) in [6, 6.07) is 0. The Labute approximate surface area is 116 Å². The van der Waals surface area contributed by atoms with Crippen molar-refractivity contribution in [2.45, 2.75) is 97.8 Å². The summed E-state index contributed by atoms with van der Waals surface area (Å²) in [6.07, 6.45) is 21.4. The maximum absolute atomic E-state index is 2.41. The Morgan fingerprint density at radius 2 is 1.28 bits per heavy atom. The molecular formula is C18H36. The summed E-state index contributed by atoms with van der Waals surface area (Å²) in [5.74, 6) is 0.920. The van der Waals surface area contributed by atoms with Crippen molar-refractivity contribution < 1.29 is 0 Å². The molecular weight excluding hydrogens is 216 g/mol. The summed E-state index contributed by atoms with van der Waals surface area (Å²) < 4.78 is 0. The van der Waals surface area contributed by atoms with Gasteiger partial charge >= 0.3 is 0 Å². The van der Waals surface area contributed by atoms with E-state index in [1.165, 1.54) is 77.0 Å². The van der Waals surface area contributed by atoms with E-state index in [9.17, 15) is 0 Å². The standard InChI is InChI=1S/C18H36/c1-4-6-8-9-10-11-12-13-14-15-17-18(3)16-7-5-2/h13-14,18H,4-12,15-17H2,1-3H3/b14-13+. The summed E-state index contributed by atoms with van der Waals surface area (Å²) in [5, 5.41) is 0. The van der Waals surface area contributed by atoms with Gasteiger partial charge < -0.3 is 0 Å². The summed E-state index contributed by atoms with van der Waals surface area (Å²) in [6.45, 7) is 6.97. The molecule has 0 aliphatic rings. The molecule has 1 unspecified atom stereocenters. The second-order valence-corrected chi connectivity index (χ2v) is 5.85. The van der Waals surface area contributed by atoms with E-state index in [1.54, 1.807) is 0 Å². The Kier molecular flexibility index (Phi) is 14.6. The van der Waals surface area contributed by atoms with E-state index in [0.717, 1.165) is 5.92 Å². The third kappa shape index (κ3) is 13.8. The number of allylic oxidation sites excluding steroid dienone is 2. The molecule has 0 fully saturated rings. The summed E-state index contributed by atoms with van der Waals surface area (Å²) in [7, 11) is 0. The van der Waals surface area contributed by atoms with Crippen LogP contribution >= 0.6 is 0 Å². The molecule has 1 atom stereocenters. The predicted molar refractivity (Wildman–Crippen MR) is 85.1 cm³/mol. The van der Waals surface area contributed by atoms with Gasteiger partial charge in [0.2, 0.25) is 0 Å². The zero-order valence-corrected chi connectivity index (χ0v) is 13.2. The zero-order valence-electron chi connectivity index (χ0n) is 13.2. The van der Waals surface area contributed by atoms with Crippen LogP contribution in [-0.2, 0) is 0 Å². The molecule has 0 N–H and O–H groups in total. The SMILES string of the molecule is CCCCCCCC/C=C/CCC(C)CCCC. The average Bonchev–Trinajstić information content (AvgIpc) is 2.38. The molecule has 0 heteroatoms. The first-order valence-electron chi connectivity index (χ1n) is 8.46. The first-order valence-corrected chi connectivity index (χ1v) is 8.46. The summed E-state index contributed by atoms with van der Waals surface area (Å²) in [5.41, 5.74) is 0. The quantitative estimate of drug-likeness (QED) is 0.247. The fourth-order valence-corrected chi connectivity index (χ4v) is 2.36. The van der Waals surface area contributed by atoms with Gasteiger partial charge in [-0.1, -0.05) is 84.3 Å². The van der Waals surface area contributed by atoms with E-state index < -0.39 is 0 Å². The lowest BCUT2D eigenvalue weighted by Gasteiger charge is -2.07. The van der Waals surface area contributed by atoms with Crippen molar-refractivity contribution in [1.29, 1.82) is 0 Å². The fourth-order valence-electron chi connectivity index (χ4n) is 2.36. The van der Waals surface area contributed by atoms with Gasteiger partial charge in [-0.05, 0) is 31.6 Å². The van der Waals surface area contributed by atoms with E-state index in [4.69, 9.17) is 0 Å². The molecule has 0 saturated carbocycles. The second-order valence-electron chi connectivity index (χ2n) is 5.85. The summed E-state index contributed by atoms with van der Waals surface area (Å²) in [4.78, 5) is 0. The van der Waals surface area contributed by atoms with Crippen LogP contribution in [0.25, 0.3) is 0 Å². The molecule has 0 rings (SSSR count). The summed E-state index contributed by atoms with van der Waals surface area (Å²) >= 11 is 0. The first kappa shape index (κ1) is 17.7. The minimum atomic E-state index is 0.920. The number of rotatable bonds is 13. The third-order valence-corrected chi connectivity index (χ3v) is 3.77. The van der Waals surface area contributed by atoms with E-state index >= 15 is 0 Å². The molecule has 0 aromatic rings. The Morgan fingerprint density at radius 3 is 2.00 bits per heavy atom. The Balaban J connectivity index is 3.17. The minimum absolute atomic E-state index is 0.920. The highest BCUT2D eigenvalue weighted by atomic mass is 14.0. The van der Waals surface area contributed by atoms with Crippen molar-refractivity contribution in [2.24, 2.45) is 5.92 Å².